The highest BCUT2D eigenvalue weighted by Gasteiger charge is 2.29. The second-order valence-electron chi connectivity index (χ2n) is 5.59. The molecule has 0 aliphatic carbocycles. The van der Waals surface area contributed by atoms with Gasteiger partial charge in [0.2, 0.25) is 0 Å². The Hall–Kier alpha value is -1.30. The maximum absolute atomic E-state index is 8.83. The summed E-state index contributed by atoms with van der Waals surface area (Å²) in [6.07, 6.45) is 4.39. The van der Waals surface area contributed by atoms with Crippen molar-refractivity contribution >= 4 is 0 Å². The minimum absolute atomic E-state index is 0.135. The Bertz CT molecular complexity index is 486. The molecule has 108 valence electrons. The molecule has 2 nitrogen and oxygen atoms in total. The summed E-state index contributed by atoms with van der Waals surface area (Å²) in [5.74, 6) is 6.23. The van der Waals surface area contributed by atoms with Crippen molar-refractivity contribution in [2.45, 2.75) is 58.2 Å². The Morgan fingerprint density at radius 1 is 1.30 bits per heavy atom. The van der Waals surface area contributed by atoms with Crippen molar-refractivity contribution in [2.75, 3.05) is 6.61 Å². The molecule has 0 bridgehead atoms. The van der Waals surface area contributed by atoms with Gasteiger partial charge in [-0.1, -0.05) is 37.0 Å². The molecule has 0 amide bonds. The highest BCUT2D eigenvalue weighted by Crippen LogP contribution is 2.28. The quantitative estimate of drug-likeness (QED) is 0.850. The first-order valence-electron chi connectivity index (χ1n) is 7.69. The Kier molecular flexibility index (Phi) is 5.64. The molecule has 1 fully saturated rings. The summed E-state index contributed by atoms with van der Waals surface area (Å²) in [5, 5.41) is 8.83. The van der Waals surface area contributed by atoms with E-state index in [0.29, 0.717) is 18.5 Å². The summed E-state index contributed by atoms with van der Waals surface area (Å²) in [6, 6.07) is 9.77. The number of hydrogen-bond acceptors (Lipinski definition) is 2. The van der Waals surface area contributed by atoms with E-state index in [2.05, 4.69) is 48.8 Å². The van der Waals surface area contributed by atoms with Crippen molar-refractivity contribution in [3.63, 3.8) is 0 Å². The zero-order valence-corrected chi connectivity index (χ0v) is 12.6. The van der Waals surface area contributed by atoms with Gasteiger partial charge in [0.05, 0.1) is 6.61 Å². The van der Waals surface area contributed by atoms with Crippen molar-refractivity contribution in [1.82, 2.24) is 4.90 Å². The van der Waals surface area contributed by atoms with Gasteiger partial charge < -0.3 is 5.11 Å². The molecule has 1 aliphatic rings. The van der Waals surface area contributed by atoms with Crippen LogP contribution >= 0.6 is 0 Å². The highest BCUT2D eigenvalue weighted by atomic mass is 16.2. The number of rotatable bonds is 4. The topological polar surface area (TPSA) is 23.5 Å². The monoisotopic (exact) mass is 271 g/mol. The lowest BCUT2D eigenvalue weighted by Gasteiger charge is -2.28. The molecule has 2 atom stereocenters. The van der Waals surface area contributed by atoms with E-state index in [1.165, 1.54) is 24.8 Å². The lowest BCUT2D eigenvalue weighted by Crippen LogP contribution is -2.33. The van der Waals surface area contributed by atoms with Gasteiger partial charge >= 0.3 is 0 Å². The van der Waals surface area contributed by atoms with Crippen LogP contribution in [0.1, 0.15) is 50.7 Å². The predicted octanol–water partition coefficient (Wildman–Crippen LogP) is 3.18. The van der Waals surface area contributed by atoms with Crippen molar-refractivity contribution in [3.05, 3.63) is 35.4 Å². The van der Waals surface area contributed by atoms with Crippen LogP contribution in [0.2, 0.25) is 0 Å². The van der Waals surface area contributed by atoms with Crippen molar-refractivity contribution in [3.8, 4) is 11.8 Å². The zero-order chi connectivity index (χ0) is 14.4. The number of nitrogens with zero attached hydrogens (tertiary/aromatic N) is 1. The van der Waals surface area contributed by atoms with Crippen molar-refractivity contribution < 1.29 is 5.11 Å². The third-order valence-corrected chi connectivity index (χ3v) is 4.25. The molecule has 2 rings (SSSR count). The van der Waals surface area contributed by atoms with E-state index >= 15 is 0 Å². The molecule has 20 heavy (non-hydrogen) atoms. The predicted molar refractivity (Wildman–Crippen MR) is 83.3 cm³/mol. The molecule has 0 aromatic heterocycles. The molecule has 1 heterocycles. The second-order valence-corrected chi connectivity index (χ2v) is 5.59. The molecule has 1 N–H and O–H groups in total. The van der Waals surface area contributed by atoms with Gasteiger partial charge in [-0.3, -0.25) is 4.90 Å². The minimum atomic E-state index is 0.135. The average molecular weight is 271 g/mol. The van der Waals surface area contributed by atoms with Crippen LogP contribution in [0.25, 0.3) is 0 Å². The van der Waals surface area contributed by atoms with Crippen molar-refractivity contribution in [2.24, 2.45) is 0 Å². The number of benzene rings is 1. The Balaban J connectivity index is 2.15. The number of likely N-dealkylation sites (tertiary alicyclic amines) is 1. The summed E-state index contributed by atoms with van der Waals surface area (Å²) >= 11 is 0. The Labute approximate surface area is 122 Å². The second kappa shape index (κ2) is 7.47. The first-order valence-corrected chi connectivity index (χ1v) is 7.69. The minimum Gasteiger partial charge on any atom is -0.395 e. The molecule has 0 radical (unpaired) electrons. The van der Waals surface area contributed by atoms with Crippen LogP contribution in [-0.4, -0.2) is 28.7 Å². The highest BCUT2D eigenvalue weighted by molar-refractivity contribution is 5.41. The summed E-state index contributed by atoms with van der Waals surface area (Å²) in [7, 11) is 0. The molecule has 2 unspecified atom stereocenters. The molecule has 0 saturated carbocycles. The van der Waals surface area contributed by atoms with Gasteiger partial charge in [-0.2, -0.15) is 0 Å². The number of aliphatic hydroxyl groups is 1. The summed E-state index contributed by atoms with van der Waals surface area (Å²) in [6.45, 7) is 5.73. The lowest BCUT2D eigenvalue weighted by atomic mass is 10.1. The van der Waals surface area contributed by atoms with Crippen LogP contribution in [0, 0.1) is 11.8 Å². The van der Waals surface area contributed by atoms with E-state index in [0.717, 1.165) is 12.1 Å². The van der Waals surface area contributed by atoms with E-state index in [1.807, 2.05) is 6.07 Å². The fourth-order valence-corrected chi connectivity index (χ4v) is 3.04. The van der Waals surface area contributed by atoms with Gasteiger partial charge in [0.25, 0.3) is 0 Å². The molecule has 1 aliphatic heterocycles. The fraction of sp³-hybridized carbons (Fsp3) is 0.556. The first kappa shape index (κ1) is 15.1. The molecule has 1 aromatic carbocycles. The van der Waals surface area contributed by atoms with Gasteiger partial charge in [-0.05, 0) is 37.8 Å². The van der Waals surface area contributed by atoms with Gasteiger partial charge in [0, 0.05) is 30.6 Å². The Morgan fingerprint density at radius 3 is 2.85 bits per heavy atom. The van der Waals surface area contributed by atoms with Crippen LogP contribution in [0.5, 0.6) is 0 Å². The van der Waals surface area contributed by atoms with E-state index in [1.54, 1.807) is 0 Å². The van der Waals surface area contributed by atoms with Gasteiger partial charge in [-0.15, -0.1) is 0 Å². The molecular weight excluding hydrogens is 246 g/mol. The van der Waals surface area contributed by atoms with Crippen LogP contribution in [-0.2, 0) is 6.54 Å². The summed E-state index contributed by atoms with van der Waals surface area (Å²) < 4.78 is 0. The van der Waals surface area contributed by atoms with Crippen LogP contribution < -0.4 is 0 Å². The normalized spacial score (nSPS) is 22.6. The van der Waals surface area contributed by atoms with Gasteiger partial charge in [-0.25, -0.2) is 0 Å². The standard InChI is InChI=1S/C18H25NO/c1-3-18-12-11-15(2)19(18)14-17-10-5-4-8-16(17)9-6-7-13-20/h4-5,8,10,15,18,20H,3,7,11-14H2,1-2H3. The molecule has 1 saturated heterocycles. The maximum atomic E-state index is 8.83. The summed E-state index contributed by atoms with van der Waals surface area (Å²) in [4.78, 5) is 2.62. The third kappa shape index (κ3) is 3.62. The van der Waals surface area contributed by atoms with E-state index in [4.69, 9.17) is 5.11 Å². The molecule has 1 aromatic rings. The van der Waals surface area contributed by atoms with Gasteiger partial charge in [0.15, 0.2) is 0 Å². The average Bonchev–Trinajstić information content (AvgIpc) is 2.82. The van der Waals surface area contributed by atoms with Crippen LogP contribution in [0.3, 0.4) is 0 Å². The first-order chi connectivity index (χ1) is 9.76. The van der Waals surface area contributed by atoms with Crippen molar-refractivity contribution in [1.29, 1.82) is 0 Å². The summed E-state index contributed by atoms with van der Waals surface area (Å²) in [5.41, 5.74) is 2.42. The molecule has 2 heteroatoms. The van der Waals surface area contributed by atoms with Crippen LogP contribution in [0.15, 0.2) is 24.3 Å². The smallest absolute Gasteiger partial charge is 0.0540 e. The van der Waals surface area contributed by atoms with E-state index in [9.17, 15) is 0 Å². The molecular formula is C18H25NO. The number of hydrogen-bond donors (Lipinski definition) is 1. The number of aliphatic hydroxyl groups excluding tert-OH is 1. The maximum Gasteiger partial charge on any atom is 0.0540 e. The van der Waals surface area contributed by atoms with E-state index < -0.39 is 0 Å². The SMILES string of the molecule is CCC1CCC(C)N1Cc1ccccc1C#CCCO. The van der Waals surface area contributed by atoms with E-state index in [-0.39, 0.29) is 6.61 Å². The molecule has 0 spiro atoms. The van der Waals surface area contributed by atoms with Gasteiger partial charge in [0.1, 0.15) is 0 Å². The third-order valence-electron chi connectivity index (χ3n) is 4.25. The largest absolute Gasteiger partial charge is 0.395 e. The Morgan fingerprint density at radius 2 is 2.10 bits per heavy atom. The lowest BCUT2D eigenvalue weighted by molar-refractivity contribution is 0.189. The van der Waals surface area contributed by atoms with Crippen LogP contribution in [0.4, 0.5) is 0 Å². The fourth-order valence-electron chi connectivity index (χ4n) is 3.04. The zero-order valence-electron chi connectivity index (χ0n) is 12.6.